The number of anilines is 1. The Labute approximate surface area is 132 Å². The Hall–Kier alpha value is -1.44. The van der Waals surface area contributed by atoms with Crippen molar-refractivity contribution in [2.45, 2.75) is 17.7 Å². The summed E-state index contributed by atoms with van der Waals surface area (Å²) in [6.45, 7) is 0.122. The lowest BCUT2D eigenvalue weighted by atomic mass is 10.1. The molecule has 0 fully saturated rings. The molecule has 5 nitrogen and oxygen atoms in total. The Morgan fingerprint density at radius 3 is 2.43 bits per heavy atom. The van der Waals surface area contributed by atoms with E-state index in [-0.39, 0.29) is 17.3 Å². The van der Waals surface area contributed by atoms with Gasteiger partial charge < -0.3 is 5.11 Å². The van der Waals surface area contributed by atoms with Crippen LogP contribution in [0.5, 0.6) is 0 Å². The minimum Gasteiger partial charge on any atom is -0.396 e. The molecule has 0 saturated heterocycles. The second-order valence-corrected chi connectivity index (χ2v) is 7.04. The van der Waals surface area contributed by atoms with E-state index in [1.807, 2.05) is 0 Å². The van der Waals surface area contributed by atoms with Gasteiger partial charge >= 0.3 is 0 Å². The molecule has 0 saturated carbocycles. The number of hydrogen-bond donors (Lipinski definition) is 2. The summed E-state index contributed by atoms with van der Waals surface area (Å²) in [5.74, 6) is 0.266. The summed E-state index contributed by atoms with van der Waals surface area (Å²) in [6, 6.07) is 9.89. The third-order valence-electron chi connectivity index (χ3n) is 2.82. The standard InChI is InChI=1S/C14H15BrN2O3S/c15-12-5-8-14(16-10-12)17-21(19,20)13-6-3-11(4-7-13)2-1-9-18/h3-8,10,18H,1-2,9H2,(H,16,17). The first-order valence-corrected chi connectivity index (χ1v) is 8.63. The van der Waals surface area contributed by atoms with Crippen LogP contribution >= 0.6 is 15.9 Å². The van der Waals surface area contributed by atoms with E-state index in [0.29, 0.717) is 6.42 Å². The van der Waals surface area contributed by atoms with Crippen molar-refractivity contribution in [3.8, 4) is 0 Å². The van der Waals surface area contributed by atoms with Gasteiger partial charge in [-0.25, -0.2) is 13.4 Å². The molecule has 0 bridgehead atoms. The van der Waals surface area contributed by atoms with Crippen LogP contribution in [0, 0.1) is 0 Å². The molecule has 0 aliphatic carbocycles. The van der Waals surface area contributed by atoms with Gasteiger partial charge in [-0.15, -0.1) is 0 Å². The van der Waals surface area contributed by atoms with Gasteiger partial charge in [0.2, 0.25) is 0 Å². The third kappa shape index (κ3) is 4.52. The lowest BCUT2D eigenvalue weighted by molar-refractivity contribution is 0.288. The fraction of sp³-hybridized carbons (Fsp3) is 0.214. The van der Waals surface area contributed by atoms with Crippen LogP contribution in [0.1, 0.15) is 12.0 Å². The van der Waals surface area contributed by atoms with Crippen LogP contribution in [0.3, 0.4) is 0 Å². The number of aryl methyl sites for hydroxylation is 1. The van der Waals surface area contributed by atoms with Gasteiger partial charge in [-0.1, -0.05) is 12.1 Å². The number of aromatic nitrogens is 1. The maximum atomic E-state index is 12.2. The normalized spacial score (nSPS) is 11.3. The molecular formula is C14H15BrN2O3S. The number of aliphatic hydroxyl groups excluding tert-OH is 1. The van der Waals surface area contributed by atoms with Gasteiger partial charge in [0.25, 0.3) is 10.0 Å². The predicted octanol–water partition coefficient (Wildman–Crippen LogP) is 2.57. The highest BCUT2D eigenvalue weighted by Gasteiger charge is 2.14. The number of sulfonamides is 1. The number of halogens is 1. The van der Waals surface area contributed by atoms with E-state index in [0.717, 1.165) is 16.5 Å². The first kappa shape index (κ1) is 15.9. The Bertz CT molecular complexity index is 685. The van der Waals surface area contributed by atoms with Crippen molar-refractivity contribution in [2.24, 2.45) is 0 Å². The van der Waals surface area contributed by atoms with Crippen molar-refractivity contribution >= 4 is 31.8 Å². The minimum atomic E-state index is -3.64. The maximum Gasteiger partial charge on any atom is 0.263 e. The molecule has 0 spiro atoms. The largest absolute Gasteiger partial charge is 0.396 e. The van der Waals surface area contributed by atoms with Crippen LogP contribution < -0.4 is 4.72 Å². The highest BCUT2D eigenvalue weighted by Crippen LogP contribution is 2.17. The summed E-state index contributed by atoms with van der Waals surface area (Å²) < 4.78 is 27.6. The molecule has 0 atom stereocenters. The number of nitrogens with one attached hydrogen (secondary N) is 1. The molecule has 21 heavy (non-hydrogen) atoms. The van der Waals surface area contributed by atoms with Crippen molar-refractivity contribution in [1.82, 2.24) is 4.98 Å². The Kier molecular flexibility index (Phi) is 5.33. The number of aliphatic hydroxyl groups is 1. The SMILES string of the molecule is O=S(=O)(Nc1ccc(Br)cn1)c1ccc(CCCO)cc1. The van der Waals surface area contributed by atoms with Crippen LogP contribution in [0.2, 0.25) is 0 Å². The monoisotopic (exact) mass is 370 g/mol. The predicted molar refractivity (Wildman–Crippen MR) is 84.6 cm³/mol. The van der Waals surface area contributed by atoms with Crippen LogP contribution in [0.25, 0.3) is 0 Å². The van der Waals surface area contributed by atoms with E-state index >= 15 is 0 Å². The van der Waals surface area contributed by atoms with Gasteiger partial charge in [-0.2, -0.15) is 0 Å². The van der Waals surface area contributed by atoms with Crippen LogP contribution in [-0.2, 0) is 16.4 Å². The molecule has 7 heteroatoms. The molecule has 112 valence electrons. The second-order valence-electron chi connectivity index (χ2n) is 4.44. The molecule has 0 aliphatic heterocycles. The Morgan fingerprint density at radius 2 is 1.86 bits per heavy atom. The summed E-state index contributed by atoms with van der Waals surface area (Å²) in [5, 5.41) is 8.78. The molecule has 0 unspecified atom stereocenters. The Balaban J connectivity index is 2.13. The van der Waals surface area contributed by atoms with Gasteiger partial charge in [0.05, 0.1) is 4.90 Å². The first-order chi connectivity index (χ1) is 10.0. The van der Waals surface area contributed by atoms with E-state index in [1.54, 1.807) is 36.4 Å². The summed E-state index contributed by atoms with van der Waals surface area (Å²) in [7, 11) is -3.64. The van der Waals surface area contributed by atoms with E-state index < -0.39 is 10.0 Å². The van der Waals surface area contributed by atoms with Gasteiger partial charge in [-0.3, -0.25) is 4.72 Å². The lowest BCUT2D eigenvalue weighted by Gasteiger charge is -2.08. The van der Waals surface area contributed by atoms with Gasteiger partial charge in [-0.05, 0) is 58.6 Å². The minimum absolute atomic E-state index is 0.122. The number of hydrogen-bond acceptors (Lipinski definition) is 4. The number of benzene rings is 1. The topological polar surface area (TPSA) is 79.3 Å². The van der Waals surface area contributed by atoms with Crippen molar-refractivity contribution in [3.63, 3.8) is 0 Å². The van der Waals surface area contributed by atoms with Crippen molar-refractivity contribution in [2.75, 3.05) is 11.3 Å². The summed E-state index contributed by atoms with van der Waals surface area (Å²) in [5.41, 5.74) is 0.991. The van der Waals surface area contributed by atoms with Gasteiger partial charge in [0.1, 0.15) is 5.82 Å². The second kappa shape index (κ2) is 7.02. The van der Waals surface area contributed by atoms with Crippen LogP contribution in [0.15, 0.2) is 52.0 Å². The Morgan fingerprint density at radius 1 is 1.14 bits per heavy atom. The zero-order valence-corrected chi connectivity index (χ0v) is 13.6. The third-order valence-corrected chi connectivity index (χ3v) is 4.66. The van der Waals surface area contributed by atoms with Gasteiger partial charge in [0.15, 0.2) is 0 Å². The summed E-state index contributed by atoms with van der Waals surface area (Å²) in [4.78, 5) is 4.16. The molecule has 0 amide bonds. The quantitative estimate of drug-likeness (QED) is 0.818. The highest BCUT2D eigenvalue weighted by atomic mass is 79.9. The lowest BCUT2D eigenvalue weighted by Crippen LogP contribution is -2.13. The molecule has 0 aliphatic rings. The number of rotatable bonds is 6. The molecular weight excluding hydrogens is 356 g/mol. The average Bonchev–Trinajstić information content (AvgIpc) is 2.48. The molecule has 2 rings (SSSR count). The van der Waals surface area contributed by atoms with Crippen molar-refractivity contribution in [1.29, 1.82) is 0 Å². The highest BCUT2D eigenvalue weighted by molar-refractivity contribution is 9.10. The number of nitrogens with zero attached hydrogens (tertiary/aromatic N) is 1. The smallest absolute Gasteiger partial charge is 0.263 e. The molecule has 1 aromatic heterocycles. The average molecular weight is 371 g/mol. The molecule has 2 aromatic rings. The number of pyridine rings is 1. The molecule has 2 N–H and O–H groups in total. The molecule has 1 aromatic carbocycles. The van der Waals surface area contributed by atoms with E-state index in [4.69, 9.17) is 5.11 Å². The van der Waals surface area contributed by atoms with E-state index in [2.05, 4.69) is 25.6 Å². The zero-order chi connectivity index (χ0) is 15.3. The fourth-order valence-corrected chi connectivity index (χ4v) is 2.99. The van der Waals surface area contributed by atoms with Crippen molar-refractivity contribution < 1.29 is 13.5 Å². The molecule has 1 heterocycles. The maximum absolute atomic E-state index is 12.2. The molecule has 0 radical (unpaired) electrons. The van der Waals surface area contributed by atoms with Gasteiger partial charge in [0, 0.05) is 17.3 Å². The van der Waals surface area contributed by atoms with E-state index in [9.17, 15) is 8.42 Å². The van der Waals surface area contributed by atoms with Crippen molar-refractivity contribution in [3.05, 3.63) is 52.6 Å². The van der Waals surface area contributed by atoms with E-state index in [1.165, 1.54) is 6.20 Å². The summed E-state index contributed by atoms with van der Waals surface area (Å²) in [6.07, 6.45) is 2.90. The fourth-order valence-electron chi connectivity index (χ4n) is 1.75. The zero-order valence-electron chi connectivity index (χ0n) is 11.2. The van der Waals surface area contributed by atoms with Crippen LogP contribution in [-0.4, -0.2) is 25.1 Å². The summed E-state index contributed by atoms with van der Waals surface area (Å²) >= 11 is 3.24. The van der Waals surface area contributed by atoms with Crippen LogP contribution in [0.4, 0.5) is 5.82 Å². The first-order valence-electron chi connectivity index (χ1n) is 6.35.